The van der Waals surface area contributed by atoms with E-state index in [1.807, 2.05) is 6.92 Å². The van der Waals surface area contributed by atoms with E-state index >= 15 is 0 Å². The highest BCUT2D eigenvalue weighted by atomic mass is 35.5. The summed E-state index contributed by atoms with van der Waals surface area (Å²) in [4.78, 5) is 25.8. The van der Waals surface area contributed by atoms with E-state index in [9.17, 15) is 14.7 Å². The molecule has 1 aliphatic rings. The van der Waals surface area contributed by atoms with Crippen molar-refractivity contribution in [1.29, 1.82) is 0 Å². The van der Waals surface area contributed by atoms with Crippen molar-refractivity contribution in [3.63, 3.8) is 0 Å². The third-order valence-electron chi connectivity index (χ3n) is 3.81. The summed E-state index contributed by atoms with van der Waals surface area (Å²) >= 11 is 18.5. The number of carboxylic acids is 1. The molecule has 24 heavy (non-hydrogen) atoms. The first-order valence-electron chi connectivity index (χ1n) is 7.21. The van der Waals surface area contributed by atoms with Crippen LogP contribution < -0.4 is 0 Å². The lowest BCUT2D eigenvalue weighted by Crippen LogP contribution is -2.47. The lowest BCUT2D eigenvalue weighted by molar-refractivity contribution is -0.147. The van der Waals surface area contributed by atoms with Crippen molar-refractivity contribution >= 4 is 69.5 Å². The minimum absolute atomic E-state index is 0.224. The van der Waals surface area contributed by atoms with Gasteiger partial charge in [0.05, 0.1) is 4.91 Å². The van der Waals surface area contributed by atoms with Crippen molar-refractivity contribution in [2.24, 2.45) is 5.92 Å². The normalized spacial score (nSPS) is 19.0. The van der Waals surface area contributed by atoms with E-state index in [1.54, 1.807) is 31.2 Å². The third kappa shape index (κ3) is 3.77. The maximum Gasteiger partial charge on any atom is 0.327 e. The van der Waals surface area contributed by atoms with Gasteiger partial charge in [-0.3, -0.25) is 9.69 Å². The molecular weight excluding hydrogens is 389 g/mol. The molecule has 0 saturated carbocycles. The fourth-order valence-corrected chi connectivity index (χ4v) is 4.15. The maximum absolute atomic E-state index is 12.7. The number of thioether (sulfide) groups is 1. The van der Waals surface area contributed by atoms with Crippen LogP contribution in [0.4, 0.5) is 0 Å². The van der Waals surface area contributed by atoms with Crippen LogP contribution >= 0.6 is 47.2 Å². The molecule has 1 saturated heterocycles. The number of carbonyl (C=O) groups excluding carboxylic acids is 1. The molecule has 128 valence electrons. The minimum Gasteiger partial charge on any atom is -0.480 e. The number of amides is 1. The molecule has 0 aliphatic carbocycles. The van der Waals surface area contributed by atoms with Gasteiger partial charge in [-0.2, -0.15) is 0 Å². The quantitative estimate of drug-likeness (QED) is 0.570. The molecule has 0 bridgehead atoms. The molecule has 1 N–H and O–H groups in total. The Hall–Kier alpha value is -1.08. The van der Waals surface area contributed by atoms with Crippen molar-refractivity contribution in [1.82, 2.24) is 4.90 Å². The van der Waals surface area contributed by atoms with Crippen LogP contribution in [0.1, 0.15) is 25.8 Å². The number of aliphatic carboxylic acids is 1. The Kier molecular flexibility index (Phi) is 6.31. The van der Waals surface area contributed by atoms with Gasteiger partial charge in [0.1, 0.15) is 10.4 Å². The van der Waals surface area contributed by atoms with Crippen molar-refractivity contribution < 1.29 is 14.7 Å². The number of nitrogens with zero attached hydrogens (tertiary/aromatic N) is 1. The van der Waals surface area contributed by atoms with Crippen LogP contribution in [0.2, 0.25) is 10.0 Å². The molecule has 1 aromatic rings. The van der Waals surface area contributed by atoms with E-state index in [1.165, 1.54) is 4.90 Å². The second-order valence-corrected chi connectivity index (χ2v) is 7.85. The summed E-state index contributed by atoms with van der Waals surface area (Å²) in [5.74, 6) is -1.74. The van der Waals surface area contributed by atoms with E-state index < -0.39 is 17.9 Å². The lowest BCUT2D eigenvalue weighted by Gasteiger charge is -2.27. The predicted octanol–water partition coefficient (Wildman–Crippen LogP) is 4.69. The van der Waals surface area contributed by atoms with Gasteiger partial charge in [0, 0.05) is 15.6 Å². The fraction of sp³-hybridized carbons (Fsp3) is 0.312. The number of halogens is 2. The topological polar surface area (TPSA) is 57.6 Å². The lowest BCUT2D eigenvalue weighted by atomic mass is 9.98. The molecule has 1 fully saturated rings. The van der Waals surface area contributed by atoms with Crippen LogP contribution in [0.15, 0.2) is 23.1 Å². The van der Waals surface area contributed by atoms with Gasteiger partial charge in [-0.1, -0.05) is 73.5 Å². The minimum atomic E-state index is -1.07. The number of carboxylic acid groups (broad SMARTS) is 1. The molecular formula is C16H15Cl2NO3S2. The number of thiocarbonyl (C=S) groups is 1. The average molecular weight is 404 g/mol. The highest BCUT2D eigenvalue weighted by molar-refractivity contribution is 8.26. The molecule has 0 spiro atoms. The van der Waals surface area contributed by atoms with Gasteiger partial charge in [-0.15, -0.1) is 0 Å². The summed E-state index contributed by atoms with van der Waals surface area (Å²) in [7, 11) is 0. The Labute approximate surface area is 159 Å². The first-order chi connectivity index (χ1) is 11.3. The molecule has 2 unspecified atom stereocenters. The smallest absolute Gasteiger partial charge is 0.327 e. The van der Waals surface area contributed by atoms with E-state index in [0.29, 0.717) is 26.9 Å². The van der Waals surface area contributed by atoms with Crippen LogP contribution in [0.3, 0.4) is 0 Å². The second-order valence-electron chi connectivity index (χ2n) is 5.36. The summed E-state index contributed by atoms with van der Waals surface area (Å²) < 4.78 is 0.224. The molecule has 0 aromatic heterocycles. The molecule has 1 amide bonds. The van der Waals surface area contributed by atoms with Gasteiger partial charge in [0.25, 0.3) is 5.91 Å². The van der Waals surface area contributed by atoms with Crippen molar-refractivity contribution in [3.8, 4) is 0 Å². The number of rotatable bonds is 5. The summed E-state index contributed by atoms with van der Waals surface area (Å²) in [6.45, 7) is 3.66. The Morgan fingerprint density at radius 2 is 2.00 bits per heavy atom. The number of hydrogen-bond acceptors (Lipinski definition) is 4. The van der Waals surface area contributed by atoms with Gasteiger partial charge < -0.3 is 5.11 Å². The fourth-order valence-electron chi connectivity index (χ4n) is 2.33. The van der Waals surface area contributed by atoms with E-state index in [2.05, 4.69) is 0 Å². The van der Waals surface area contributed by atoms with Gasteiger partial charge in [0.15, 0.2) is 0 Å². The molecule has 8 heteroatoms. The second kappa shape index (κ2) is 7.87. The van der Waals surface area contributed by atoms with E-state index in [-0.39, 0.29) is 10.2 Å². The zero-order chi connectivity index (χ0) is 18.0. The molecule has 0 radical (unpaired) electrons. The molecule has 1 aliphatic heterocycles. The largest absolute Gasteiger partial charge is 0.480 e. The Balaban J connectivity index is 2.42. The van der Waals surface area contributed by atoms with Crippen LogP contribution in [0.25, 0.3) is 6.08 Å². The first kappa shape index (κ1) is 19.2. The molecule has 2 rings (SSSR count). The summed E-state index contributed by atoms with van der Waals surface area (Å²) in [5.41, 5.74) is 0.511. The zero-order valence-electron chi connectivity index (χ0n) is 13.0. The van der Waals surface area contributed by atoms with Crippen LogP contribution in [-0.4, -0.2) is 32.2 Å². The van der Waals surface area contributed by atoms with Gasteiger partial charge in [-0.05, 0) is 24.1 Å². The van der Waals surface area contributed by atoms with Crippen LogP contribution in [-0.2, 0) is 9.59 Å². The van der Waals surface area contributed by atoms with Gasteiger partial charge >= 0.3 is 5.97 Å². The summed E-state index contributed by atoms with van der Waals surface area (Å²) in [5, 5.41) is 10.3. The summed E-state index contributed by atoms with van der Waals surface area (Å²) in [6.07, 6.45) is 2.17. The van der Waals surface area contributed by atoms with Crippen molar-refractivity contribution in [2.75, 3.05) is 0 Å². The monoisotopic (exact) mass is 403 g/mol. The SMILES string of the molecule is CCC(C)C(C(=O)O)N1C(=O)C(=Cc2c(Cl)cccc2Cl)SC1=S. The van der Waals surface area contributed by atoms with Gasteiger partial charge in [-0.25, -0.2) is 4.79 Å². The third-order valence-corrected chi connectivity index (χ3v) is 5.80. The Morgan fingerprint density at radius 1 is 1.42 bits per heavy atom. The first-order valence-corrected chi connectivity index (χ1v) is 9.19. The van der Waals surface area contributed by atoms with Gasteiger partial charge in [0.2, 0.25) is 0 Å². The van der Waals surface area contributed by atoms with E-state index in [4.69, 9.17) is 35.4 Å². The number of carbonyl (C=O) groups is 2. The van der Waals surface area contributed by atoms with Crippen molar-refractivity contribution in [2.45, 2.75) is 26.3 Å². The highest BCUT2D eigenvalue weighted by Gasteiger charge is 2.42. The van der Waals surface area contributed by atoms with E-state index in [0.717, 1.165) is 11.8 Å². The van der Waals surface area contributed by atoms with Crippen LogP contribution in [0.5, 0.6) is 0 Å². The molecule has 1 heterocycles. The standard InChI is InChI=1S/C16H15Cl2NO3S2/c1-3-8(2)13(15(21)22)19-14(20)12(24-16(19)23)7-9-10(17)5-4-6-11(9)18/h4-8,13H,3H2,1-2H3,(H,21,22). The van der Waals surface area contributed by atoms with Crippen LogP contribution in [0, 0.1) is 5.92 Å². The molecule has 1 aromatic carbocycles. The zero-order valence-corrected chi connectivity index (χ0v) is 16.1. The average Bonchev–Trinajstić information content (AvgIpc) is 2.78. The maximum atomic E-state index is 12.7. The molecule has 2 atom stereocenters. The number of hydrogen-bond donors (Lipinski definition) is 1. The highest BCUT2D eigenvalue weighted by Crippen LogP contribution is 2.38. The Bertz CT molecular complexity index is 716. The number of benzene rings is 1. The summed E-state index contributed by atoms with van der Waals surface area (Å²) in [6, 6.07) is 4.05. The van der Waals surface area contributed by atoms with Crippen molar-refractivity contribution in [3.05, 3.63) is 38.7 Å². The Morgan fingerprint density at radius 3 is 2.50 bits per heavy atom. The molecule has 4 nitrogen and oxygen atoms in total. The predicted molar refractivity (Wildman–Crippen MR) is 102 cm³/mol.